The average Bonchev–Trinajstić information content (AvgIpc) is 3.65. The number of thiophene rings is 1. The zero-order valence-corrected chi connectivity index (χ0v) is 30.4. The van der Waals surface area contributed by atoms with Crippen LogP contribution in [-0.4, -0.2) is 24.9 Å². The van der Waals surface area contributed by atoms with Crippen LogP contribution >= 0.6 is 11.3 Å². The molecule has 0 unspecified atom stereocenters. The molecule has 0 bridgehead atoms. The van der Waals surface area contributed by atoms with Crippen molar-refractivity contribution in [2.75, 3.05) is 0 Å². The first-order valence-electron chi connectivity index (χ1n) is 18.2. The summed E-state index contributed by atoms with van der Waals surface area (Å²) in [5.41, 5.74) is 10.8. The summed E-state index contributed by atoms with van der Waals surface area (Å²) in [6.07, 6.45) is 0. The van der Waals surface area contributed by atoms with E-state index in [9.17, 15) is 0 Å². The lowest BCUT2D eigenvalue weighted by molar-refractivity contribution is 1.07. The molecule has 10 rings (SSSR count). The molecule has 0 N–H and O–H groups in total. The summed E-state index contributed by atoms with van der Waals surface area (Å²) in [5.74, 6) is 2.41. The van der Waals surface area contributed by atoms with Gasteiger partial charge in [0.15, 0.2) is 23.3 Å². The average molecular weight is 722 g/mol. The molecule has 7 aromatic carbocycles. The molecule has 6 heteroatoms. The van der Waals surface area contributed by atoms with Gasteiger partial charge in [0.1, 0.15) is 0 Å². The lowest BCUT2D eigenvalue weighted by atomic mass is 9.98. The Balaban J connectivity index is 1.18. The van der Waals surface area contributed by atoms with Crippen molar-refractivity contribution in [3.63, 3.8) is 0 Å². The van der Waals surface area contributed by atoms with Gasteiger partial charge in [-0.25, -0.2) is 24.9 Å². The smallest absolute Gasteiger partial charge is 0.164 e. The molecule has 0 radical (unpaired) electrons. The van der Waals surface area contributed by atoms with Crippen LogP contribution in [0.2, 0.25) is 0 Å². The van der Waals surface area contributed by atoms with E-state index in [-0.39, 0.29) is 0 Å². The Morgan fingerprint density at radius 2 is 0.745 bits per heavy atom. The van der Waals surface area contributed by atoms with Crippen molar-refractivity contribution >= 4 is 31.6 Å². The van der Waals surface area contributed by atoms with Crippen molar-refractivity contribution in [2.24, 2.45) is 0 Å². The third-order valence-electron chi connectivity index (χ3n) is 9.79. The van der Waals surface area contributed by atoms with Gasteiger partial charge in [-0.1, -0.05) is 176 Å². The molecular weight excluding hydrogens is 691 g/mol. The molecule has 0 aliphatic carbocycles. The Labute approximate surface area is 322 Å². The molecule has 0 aliphatic heterocycles. The summed E-state index contributed by atoms with van der Waals surface area (Å²) in [5, 5.41) is 1.13. The number of fused-ring (bicyclic) bond motifs is 3. The van der Waals surface area contributed by atoms with Gasteiger partial charge in [0.25, 0.3) is 0 Å². The SMILES string of the molecule is c1ccc(-c2ccccc2-c2nc(-c3cccc(-c4nc(-c5ccccc5)c5sc6ccccc6c5n4)c3)nc(-c3ccccc3-c3ccccc3)n2)cc1. The van der Waals surface area contributed by atoms with Crippen LogP contribution in [0.3, 0.4) is 0 Å². The third kappa shape index (κ3) is 6.14. The topological polar surface area (TPSA) is 64.5 Å². The summed E-state index contributed by atoms with van der Waals surface area (Å²) in [7, 11) is 0. The van der Waals surface area contributed by atoms with E-state index in [0.29, 0.717) is 23.3 Å². The summed E-state index contributed by atoms with van der Waals surface area (Å²) >= 11 is 1.73. The van der Waals surface area contributed by atoms with Crippen LogP contribution in [-0.2, 0) is 0 Å². The fraction of sp³-hybridized carbons (Fsp3) is 0. The standard InChI is InChI=1S/C49H31N5S/c1-4-17-32(18-5-1)37-25-10-12-27-39(37)48-52-47(53-49(54-48)40-28-13-11-26-38(40)33-19-6-2-7-20-33)36-24-16-23-35(31-36)46-50-43(34-21-8-3-9-22-34)45-44(51-46)41-29-14-15-30-42(41)55-45/h1-31H. The molecule has 55 heavy (non-hydrogen) atoms. The van der Waals surface area contributed by atoms with Crippen LogP contribution < -0.4 is 0 Å². The monoisotopic (exact) mass is 721 g/mol. The molecular formula is C49H31N5S. The number of hydrogen-bond donors (Lipinski definition) is 0. The molecule has 258 valence electrons. The lowest BCUT2D eigenvalue weighted by Crippen LogP contribution is -2.02. The van der Waals surface area contributed by atoms with Gasteiger partial charge in [0, 0.05) is 37.9 Å². The number of nitrogens with zero attached hydrogens (tertiary/aromatic N) is 5. The lowest BCUT2D eigenvalue weighted by Gasteiger charge is -2.14. The number of hydrogen-bond acceptors (Lipinski definition) is 6. The fourth-order valence-electron chi connectivity index (χ4n) is 7.15. The van der Waals surface area contributed by atoms with Crippen molar-refractivity contribution < 1.29 is 0 Å². The normalized spacial score (nSPS) is 11.3. The van der Waals surface area contributed by atoms with E-state index in [1.807, 2.05) is 36.4 Å². The molecule has 0 amide bonds. The molecule has 0 atom stereocenters. The summed E-state index contributed by atoms with van der Waals surface area (Å²) in [6, 6.07) is 64.4. The van der Waals surface area contributed by atoms with Gasteiger partial charge in [0.05, 0.1) is 15.9 Å². The van der Waals surface area contributed by atoms with Gasteiger partial charge in [0.2, 0.25) is 0 Å². The Morgan fingerprint density at radius 3 is 1.33 bits per heavy atom. The van der Waals surface area contributed by atoms with Gasteiger partial charge in [-0.3, -0.25) is 0 Å². The molecule has 0 fully saturated rings. The largest absolute Gasteiger partial charge is 0.226 e. The maximum Gasteiger partial charge on any atom is 0.164 e. The van der Waals surface area contributed by atoms with E-state index in [1.54, 1.807) is 11.3 Å². The zero-order chi connectivity index (χ0) is 36.6. The van der Waals surface area contributed by atoms with Crippen LogP contribution in [0.1, 0.15) is 0 Å². The maximum absolute atomic E-state index is 5.24. The summed E-state index contributed by atoms with van der Waals surface area (Å²) in [6.45, 7) is 0. The predicted octanol–water partition coefficient (Wildman–Crippen LogP) is 12.7. The zero-order valence-electron chi connectivity index (χ0n) is 29.5. The second kappa shape index (κ2) is 14.0. The van der Waals surface area contributed by atoms with Crippen LogP contribution in [0.25, 0.3) is 99.4 Å². The molecule has 0 aliphatic rings. The van der Waals surface area contributed by atoms with Crippen LogP contribution in [0.4, 0.5) is 0 Å². The van der Waals surface area contributed by atoms with Crippen molar-refractivity contribution in [3.05, 3.63) is 188 Å². The first-order valence-corrected chi connectivity index (χ1v) is 19.0. The van der Waals surface area contributed by atoms with Gasteiger partial charge in [-0.2, -0.15) is 0 Å². The summed E-state index contributed by atoms with van der Waals surface area (Å²) < 4.78 is 2.26. The van der Waals surface area contributed by atoms with Crippen molar-refractivity contribution in [1.82, 2.24) is 24.9 Å². The minimum absolute atomic E-state index is 0.568. The second-order valence-corrected chi connectivity index (χ2v) is 14.3. The molecule has 3 heterocycles. The first-order chi connectivity index (χ1) is 27.3. The van der Waals surface area contributed by atoms with Crippen molar-refractivity contribution in [1.29, 1.82) is 0 Å². The first kappa shape index (κ1) is 32.5. The number of benzene rings is 7. The van der Waals surface area contributed by atoms with Gasteiger partial charge >= 0.3 is 0 Å². The second-order valence-electron chi connectivity index (χ2n) is 13.2. The van der Waals surface area contributed by atoms with E-state index in [1.165, 1.54) is 4.70 Å². The highest BCUT2D eigenvalue weighted by atomic mass is 32.1. The van der Waals surface area contributed by atoms with Crippen LogP contribution in [0, 0.1) is 0 Å². The molecule has 3 aromatic heterocycles. The highest BCUT2D eigenvalue weighted by Crippen LogP contribution is 2.40. The van der Waals surface area contributed by atoms with Crippen molar-refractivity contribution in [2.45, 2.75) is 0 Å². The van der Waals surface area contributed by atoms with E-state index in [4.69, 9.17) is 24.9 Å². The fourth-order valence-corrected chi connectivity index (χ4v) is 8.30. The molecule has 0 saturated heterocycles. The van der Waals surface area contributed by atoms with Gasteiger partial charge < -0.3 is 0 Å². The maximum atomic E-state index is 5.24. The van der Waals surface area contributed by atoms with Gasteiger partial charge in [-0.05, 0) is 34.4 Å². The Morgan fingerprint density at radius 1 is 0.309 bits per heavy atom. The number of rotatable bonds is 7. The van der Waals surface area contributed by atoms with E-state index < -0.39 is 0 Å². The highest BCUT2D eigenvalue weighted by Gasteiger charge is 2.20. The molecule has 10 aromatic rings. The minimum atomic E-state index is 0.568. The van der Waals surface area contributed by atoms with Crippen LogP contribution in [0.15, 0.2) is 188 Å². The molecule has 0 saturated carbocycles. The Kier molecular flexibility index (Phi) is 8.28. The third-order valence-corrected chi connectivity index (χ3v) is 11.0. The Hall–Kier alpha value is -7.15. The van der Waals surface area contributed by atoms with E-state index in [2.05, 4.69) is 152 Å². The van der Waals surface area contributed by atoms with Gasteiger partial charge in [-0.15, -0.1) is 11.3 Å². The highest BCUT2D eigenvalue weighted by molar-refractivity contribution is 7.26. The van der Waals surface area contributed by atoms with E-state index >= 15 is 0 Å². The quantitative estimate of drug-likeness (QED) is 0.164. The molecule has 5 nitrogen and oxygen atoms in total. The molecule has 0 spiro atoms. The van der Waals surface area contributed by atoms with Crippen LogP contribution in [0.5, 0.6) is 0 Å². The van der Waals surface area contributed by atoms with E-state index in [0.717, 1.165) is 71.4 Å². The minimum Gasteiger partial charge on any atom is -0.226 e. The van der Waals surface area contributed by atoms with Crippen molar-refractivity contribution in [3.8, 4) is 79.1 Å². The Bertz CT molecular complexity index is 2880. The predicted molar refractivity (Wildman–Crippen MR) is 226 cm³/mol. The summed E-state index contributed by atoms with van der Waals surface area (Å²) in [4.78, 5) is 26.1. The number of aromatic nitrogens is 5.